The zero-order valence-corrected chi connectivity index (χ0v) is 12.9. The molecule has 1 aliphatic rings. The minimum Gasteiger partial charge on any atom is -0.490 e. The molecule has 1 aliphatic heterocycles. The van der Waals surface area contributed by atoms with Crippen molar-refractivity contribution in [1.29, 1.82) is 0 Å². The predicted molar refractivity (Wildman–Crippen MR) is 80.9 cm³/mol. The number of fused-ring (bicyclic) bond motifs is 1. The van der Waals surface area contributed by atoms with E-state index in [0.29, 0.717) is 32.8 Å². The molecule has 118 valence electrons. The Morgan fingerprint density at radius 2 is 2.14 bits per heavy atom. The summed E-state index contributed by atoms with van der Waals surface area (Å²) in [5, 5.41) is 12.7. The quantitative estimate of drug-likeness (QED) is 0.802. The number of para-hydroxylation sites is 1. The zero-order valence-electron chi connectivity index (χ0n) is 12.9. The van der Waals surface area contributed by atoms with Crippen LogP contribution < -0.4 is 14.8 Å². The van der Waals surface area contributed by atoms with Crippen LogP contribution in [0, 0.1) is 0 Å². The van der Waals surface area contributed by atoms with Gasteiger partial charge in [-0.3, -0.25) is 0 Å². The average molecular weight is 295 g/mol. The normalized spacial score (nSPS) is 17.1. The van der Waals surface area contributed by atoms with Crippen LogP contribution in [0.3, 0.4) is 0 Å². The molecular weight excluding hydrogens is 270 g/mol. The lowest BCUT2D eigenvalue weighted by Gasteiger charge is -2.30. The molecule has 1 unspecified atom stereocenters. The maximum atomic E-state index is 9.21. The molecule has 1 aromatic carbocycles. The van der Waals surface area contributed by atoms with Crippen molar-refractivity contribution in [2.24, 2.45) is 0 Å². The average Bonchev–Trinajstić information content (AvgIpc) is 2.71. The Bertz CT molecular complexity index is 444. The minimum absolute atomic E-state index is 0.124. The van der Waals surface area contributed by atoms with Gasteiger partial charge in [-0.15, -0.1) is 0 Å². The molecule has 1 heterocycles. The van der Waals surface area contributed by atoms with Gasteiger partial charge in [0.2, 0.25) is 0 Å². The molecule has 2 N–H and O–H groups in total. The summed E-state index contributed by atoms with van der Waals surface area (Å²) < 4.78 is 16.8. The van der Waals surface area contributed by atoms with Gasteiger partial charge < -0.3 is 24.6 Å². The van der Waals surface area contributed by atoms with Crippen molar-refractivity contribution < 1.29 is 19.3 Å². The van der Waals surface area contributed by atoms with Crippen LogP contribution in [0.15, 0.2) is 18.2 Å². The molecule has 0 saturated heterocycles. The Morgan fingerprint density at radius 1 is 1.33 bits per heavy atom. The van der Waals surface area contributed by atoms with Crippen molar-refractivity contribution in [2.45, 2.75) is 31.8 Å². The standard InChI is InChI=1S/C16H25NO4/c1-16(7-8-18,12-19-2)17-11-13-5-3-6-14-15(13)21-10-4-9-20-14/h3,5-6,17-18H,4,7-12H2,1-2H3. The van der Waals surface area contributed by atoms with Gasteiger partial charge in [-0.2, -0.15) is 0 Å². The maximum Gasteiger partial charge on any atom is 0.165 e. The molecule has 21 heavy (non-hydrogen) atoms. The lowest BCUT2D eigenvalue weighted by molar-refractivity contribution is 0.0967. The monoisotopic (exact) mass is 295 g/mol. The van der Waals surface area contributed by atoms with Gasteiger partial charge in [0.1, 0.15) is 0 Å². The van der Waals surface area contributed by atoms with Crippen molar-refractivity contribution in [3.05, 3.63) is 23.8 Å². The summed E-state index contributed by atoms with van der Waals surface area (Å²) in [7, 11) is 1.67. The third-order valence-electron chi connectivity index (χ3n) is 3.69. The molecular formula is C16H25NO4. The third kappa shape index (κ3) is 4.33. The second-order valence-electron chi connectivity index (χ2n) is 5.62. The number of hydrogen-bond acceptors (Lipinski definition) is 5. The van der Waals surface area contributed by atoms with Crippen LogP contribution in [0.4, 0.5) is 0 Å². The predicted octanol–water partition coefficient (Wildman–Crippen LogP) is 1.72. The van der Waals surface area contributed by atoms with Crippen LogP contribution in [0.2, 0.25) is 0 Å². The summed E-state index contributed by atoms with van der Waals surface area (Å²) in [6.07, 6.45) is 1.53. The third-order valence-corrected chi connectivity index (χ3v) is 3.69. The van der Waals surface area contributed by atoms with Crippen LogP contribution in [0.25, 0.3) is 0 Å². The lowest BCUT2D eigenvalue weighted by Crippen LogP contribution is -2.46. The van der Waals surface area contributed by atoms with Crippen LogP contribution in [0.5, 0.6) is 11.5 Å². The van der Waals surface area contributed by atoms with Gasteiger partial charge >= 0.3 is 0 Å². The van der Waals surface area contributed by atoms with Crippen molar-refractivity contribution in [3.63, 3.8) is 0 Å². The summed E-state index contributed by atoms with van der Waals surface area (Å²) in [6, 6.07) is 5.95. The SMILES string of the molecule is COCC(C)(CCO)NCc1cccc2c1OCCCO2. The molecule has 5 heteroatoms. The van der Waals surface area contributed by atoms with E-state index >= 15 is 0 Å². The summed E-state index contributed by atoms with van der Waals surface area (Å²) in [5.74, 6) is 1.63. The first kappa shape index (κ1) is 16.1. The second-order valence-corrected chi connectivity index (χ2v) is 5.62. The first-order chi connectivity index (χ1) is 10.2. The van der Waals surface area contributed by atoms with Gasteiger partial charge in [0.15, 0.2) is 11.5 Å². The van der Waals surface area contributed by atoms with E-state index in [-0.39, 0.29) is 12.1 Å². The van der Waals surface area contributed by atoms with Gasteiger partial charge in [0.25, 0.3) is 0 Å². The maximum absolute atomic E-state index is 9.21. The number of ether oxygens (including phenoxy) is 3. The molecule has 0 bridgehead atoms. The lowest BCUT2D eigenvalue weighted by atomic mass is 9.98. The van der Waals surface area contributed by atoms with Crippen molar-refractivity contribution in [3.8, 4) is 11.5 Å². The first-order valence-electron chi connectivity index (χ1n) is 7.41. The molecule has 2 rings (SSSR count). The Hall–Kier alpha value is -1.30. The van der Waals surface area contributed by atoms with Crippen LogP contribution in [-0.2, 0) is 11.3 Å². The second kappa shape index (κ2) is 7.64. The molecule has 0 aliphatic carbocycles. The molecule has 0 aromatic heterocycles. The van der Waals surface area contributed by atoms with Crippen molar-refractivity contribution in [1.82, 2.24) is 5.32 Å². The largest absolute Gasteiger partial charge is 0.490 e. The Balaban J connectivity index is 2.09. The van der Waals surface area contributed by atoms with Crippen molar-refractivity contribution in [2.75, 3.05) is 33.5 Å². The number of methoxy groups -OCH3 is 1. The Morgan fingerprint density at radius 3 is 2.90 bits per heavy atom. The number of aliphatic hydroxyl groups is 1. The van der Waals surface area contributed by atoms with E-state index in [4.69, 9.17) is 14.2 Å². The fraction of sp³-hybridized carbons (Fsp3) is 0.625. The summed E-state index contributed by atoms with van der Waals surface area (Å²) in [4.78, 5) is 0. The minimum atomic E-state index is -0.266. The fourth-order valence-electron chi connectivity index (χ4n) is 2.48. The molecule has 0 fully saturated rings. The van der Waals surface area contributed by atoms with E-state index in [9.17, 15) is 5.11 Å². The van der Waals surface area contributed by atoms with Gasteiger partial charge in [0, 0.05) is 37.8 Å². The van der Waals surface area contributed by atoms with E-state index in [2.05, 4.69) is 5.32 Å². The van der Waals surface area contributed by atoms with E-state index < -0.39 is 0 Å². The smallest absolute Gasteiger partial charge is 0.165 e. The van der Waals surface area contributed by atoms with E-state index in [1.165, 1.54) is 0 Å². The van der Waals surface area contributed by atoms with Crippen LogP contribution in [0.1, 0.15) is 25.3 Å². The fourth-order valence-corrected chi connectivity index (χ4v) is 2.48. The molecule has 0 saturated carbocycles. The van der Waals surface area contributed by atoms with E-state index in [0.717, 1.165) is 23.5 Å². The molecule has 1 atom stereocenters. The summed E-state index contributed by atoms with van der Waals surface area (Å²) >= 11 is 0. The number of rotatable bonds is 7. The highest BCUT2D eigenvalue weighted by Gasteiger charge is 2.24. The summed E-state index contributed by atoms with van der Waals surface area (Å²) in [5.41, 5.74) is 0.798. The Labute approximate surface area is 126 Å². The highest BCUT2D eigenvalue weighted by Crippen LogP contribution is 2.33. The zero-order chi connectivity index (χ0) is 15.1. The number of benzene rings is 1. The van der Waals surface area contributed by atoms with Gasteiger partial charge in [0.05, 0.1) is 19.8 Å². The highest BCUT2D eigenvalue weighted by molar-refractivity contribution is 5.47. The van der Waals surface area contributed by atoms with Gasteiger partial charge in [-0.1, -0.05) is 12.1 Å². The van der Waals surface area contributed by atoms with Crippen molar-refractivity contribution >= 4 is 0 Å². The number of aliphatic hydroxyl groups excluding tert-OH is 1. The molecule has 1 aromatic rings. The summed E-state index contributed by atoms with van der Waals surface area (Å²) in [6.45, 7) is 4.73. The highest BCUT2D eigenvalue weighted by atomic mass is 16.5. The van der Waals surface area contributed by atoms with Gasteiger partial charge in [-0.05, 0) is 19.4 Å². The number of nitrogens with one attached hydrogen (secondary N) is 1. The molecule has 0 spiro atoms. The number of hydrogen-bond donors (Lipinski definition) is 2. The Kier molecular flexibility index (Phi) is 5.85. The first-order valence-corrected chi connectivity index (χ1v) is 7.41. The molecule has 5 nitrogen and oxygen atoms in total. The van der Waals surface area contributed by atoms with E-state index in [1.807, 2.05) is 25.1 Å². The van der Waals surface area contributed by atoms with Gasteiger partial charge in [-0.25, -0.2) is 0 Å². The van der Waals surface area contributed by atoms with E-state index in [1.54, 1.807) is 7.11 Å². The topological polar surface area (TPSA) is 60.0 Å². The van der Waals surface area contributed by atoms with Crippen LogP contribution >= 0.6 is 0 Å². The molecule has 0 radical (unpaired) electrons. The molecule has 0 amide bonds. The van der Waals surface area contributed by atoms with Crippen LogP contribution in [-0.4, -0.2) is 44.2 Å².